The zero-order valence-corrected chi connectivity index (χ0v) is 9.22. The summed E-state index contributed by atoms with van der Waals surface area (Å²) in [6, 6.07) is 0. The van der Waals surface area contributed by atoms with Crippen molar-refractivity contribution in [3.63, 3.8) is 0 Å². The molecule has 0 radical (unpaired) electrons. The van der Waals surface area contributed by atoms with E-state index >= 15 is 0 Å². The predicted octanol–water partition coefficient (Wildman–Crippen LogP) is 0.0336. The van der Waals surface area contributed by atoms with Crippen LogP contribution in [0.15, 0.2) is 0 Å². The summed E-state index contributed by atoms with van der Waals surface area (Å²) in [5.74, 6) is 4.63. The molecule has 0 heterocycles. The first-order valence-corrected chi connectivity index (χ1v) is 4.81. The molecule has 0 spiro atoms. The summed E-state index contributed by atoms with van der Waals surface area (Å²) in [7, 11) is 0. The molecule has 0 aromatic carbocycles. The lowest BCUT2D eigenvalue weighted by atomic mass is 10.2. The molecule has 0 unspecified atom stereocenters. The van der Waals surface area contributed by atoms with Crippen molar-refractivity contribution >= 4 is 12.0 Å². The van der Waals surface area contributed by atoms with Gasteiger partial charge >= 0.3 is 6.09 Å². The van der Waals surface area contributed by atoms with Crippen LogP contribution >= 0.6 is 0 Å². The monoisotopic (exact) mass is 215 g/mol. The summed E-state index contributed by atoms with van der Waals surface area (Å²) in [5.41, 5.74) is 0.607. The van der Waals surface area contributed by atoms with Gasteiger partial charge in [-0.05, 0) is 33.6 Å². The van der Waals surface area contributed by atoms with E-state index < -0.39 is 17.2 Å². The number of amides is 2. The summed E-state index contributed by atoms with van der Waals surface area (Å²) >= 11 is 0. The van der Waals surface area contributed by atoms with E-state index in [1.54, 1.807) is 20.8 Å². The summed E-state index contributed by atoms with van der Waals surface area (Å²) in [4.78, 5) is 22.7. The number of hydrazine groups is 1. The first-order valence-electron chi connectivity index (χ1n) is 4.81. The van der Waals surface area contributed by atoms with Crippen molar-refractivity contribution in [3.05, 3.63) is 0 Å². The van der Waals surface area contributed by atoms with Crippen LogP contribution in [0.4, 0.5) is 4.79 Å². The SMILES string of the molecule is CC(C)(C)OC(=O)NC1(C(=O)NN)CC1. The van der Waals surface area contributed by atoms with E-state index in [0.29, 0.717) is 12.8 Å². The zero-order valence-electron chi connectivity index (χ0n) is 9.22. The van der Waals surface area contributed by atoms with Gasteiger partial charge < -0.3 is 10.1 Å². The van der Waals surface area contributed by atoms with E-state index in [9.17, 15) is 9.59 Å². The highest BCUT2D eigenvalue weighted by Gasteiger charge is 2.51. The number of hydrogen-bond acceptors (Lipinski definition) is 4. The number of carbonyl (C=O) groups excluding carboxylic acids is 2. The van der Waals surface area contributed by atoms with Crippen molar-refractivity contribution in [1.82, 2.24) is 10.7 Å². The molecule has 2 amide bonds. The molecule has 0 aromatic rings. The molecule has 0 bridgehead atoms. The standard InChI is InChI=1S/C9H17N3O3/c1-8(2,3)15-7(14)11-9(4-5-9)6(13)12-10/h4-5,10H2,1-3H3,(H,11,14)(H,12,13). The quantitative estimate of drug-likeness (QED) is 0.344. The highest BCUT2D eigenvalue weighted by molar-refractivity contribution is 5.92. The van der Waals surface area contributed by atoms with E-state index in [2.05, 4.69) is 5.32 Å². The third-order valence-corrected chi connectivity index (χ3v) is 2.06. The summed E-state index contributed by atoms with van der Waals surface area (Å²) in [5, 5.41) is 2.52. The van der Waals surface area contributed by atoms with Gasteiger partial charge in [-0.1, -0.05) is 0 Å². The van der Waals surface area contributed by atoms with Gasteiger partial charge in [-0.25, -0.2) is 10.6 Å². The molecular weight excluding hydrogens is 198 g/mol. The molecule has 0 aliphatic heterocycles. The Bertz CT molecular complexity index is 279. The van der Waals surface area contributed by atoms with Crippen LogP contribution < -0.4 is 16.6 Å². The molecule has 1 fully saturated rings. The van der Waals surface area contributed by atoms with Gasteiger partial charge in [0, 0.05) is 0 Å². The lowest BCUT2D eigenvalue weighted by molar-refractivity contribution is -0.124. The van der Waals surface area contributed by atoms with Crippen LogP contribution in [0.3, 0.4) is 0 Å². The molecule has 86 valence electrons. The van der Waals surface area contributed by atoms with Crippen LogP contribution in [0.1, 0.15) is 33.6 Å². The molecule has 1 saturated carbocycles. The Morgan fingerprint density at radius 1 is 1.33 bits per heavy atom. The second-order valence-corrected chi connectivity index (χ2v) is 4.68. The predicted molar refractivity (Wildman–Crippen MR) is 53.7 cm³/mol. The maximum atomic E-state index is 11.4. The molecule has 1 rings (SSSR count). The van der Waals surface area contributed by atoms with Gasteiger partial charge in [0.15, 0.2) is 0 Å². The highest BCUT2D eigenvalue weighted by Crippen LogP contribution is 2.35. The number of carbonyl (C=O) groups is 2. The normalized spacial score (nSPS) is 17.9. The second kappa shape index (κ2) is 3.69. The molecule has 0 atom stereocenters. The van der Waals surface area contributed by atoms with E-state index in [0.717, 1.165) is 0 Å². The molecule has 0 aromatic heterocycles. The van der Waals surface area contributed by atoms with Crippen LogP contribution in [-0.4, -0.2) is 23.1 Å². The Hall–Kier alpha value is -1.30. The molecule has 1 aliphatic carbocycles. The maximum Gasteiger partial charge on any atom is 0.408 e. The van der Waals surface area contributed by atoms with Crippen molar-refractivity contribution in [2.45, 2.75) is 44.8 Å². The Morgan fingerprint density at radius 2 is 1.87 bits per heavy atom. The minimum atomic E-state index is -0.850. The van der Waals surface area contributed by atoms with Gasteiger partial charge in [0.1, 0.15) is 11.1 Å². The lowest BCUT2D eigenvalue weighted by Gasteiger charge is -2.22. The first-order chi connectivity index (χ1) is 6.79. The topological polar surface area (TPSA) is 93.4 Å². The molecular formula is C9H17N3O3. The average molecular weight is 215 g/mol. The number of rotatable bonds is 2. The van der Waals surface area contributed by atoms with Crippen molar-refractivity contribution in [1.29, 1.82) is 0 Å². The molecule has 15 heavy (non-hydrogen) atoms. The van der Waals surface area contributed by atoms with E-state index in [4.69, 9.17) is 10.6 Å². The van der Waals surface area contributed by atoms with Gasteiger partial charge in [0.05, 0.1) is 0 Å². The van der Waals surface area contributed by atoms with Crippen LogP contribution in [-0.2, 0) is 9.53 Å². The fourth-order valence-electron chi connectivity index (χ4n) is 1.17. The Morgan fingerprint density at radius 3 is 2.20 bits per heavy atom. The zero-order chi connectivity index (χ0) is 11.7. The van der Waals surface area contributed by atoms with Crippen molar-refractivity contribution in [2.24, 2.45) is 5.84 Å². The molecule has 4 N–H and O–H groups in total. The molecule has 1 aliphatic rings. The van der Waals surface area contributed by atoms with Crippen LogP contribution in [0.2, 0.25) is 0 Å². The number of nitrogens with one attached hydrogen (secondary N) is 2. The largest absolute Gasteiger partial charge is 0.444 e. The van der Waals surface area contributed by atoms with Crippen LogP contribution in [0, 0.1) is 0 Å². The number of nitrogens with two attached hydrogens (primary N) is 1. The summed E-state index contributed by atoms with van der Waals surface area (Å²) < 4.78 is 5.04. The van der Waals surface area contributed by atoms with Crippen LogP contribution in [0.5, 0.6) is 0 Å². The van der Waals surface area contributed by atoms with E-state index in [-0.39, 0.29) is 5.91 Å². The van der Waals surface area contributed by atoms with Gasteiger partial charge in [-0.15, -0.1) is 0 Å². The van der Waals surface area contributed by atoms with E-state index in [1.165, 1.54) is 0 Å². The van der Waals surface area contributed by atoms with Gasteiger partial charge in [-0.2, -0.15) is 0 Å². The van der Waals surface area contributed by atoms with Crippen molar-refractivity contribution < 1.29 is 14.3 Å². The first kappa shape index (κ1) is 11.8. The Kier molecular flexibility index (Phi) is 2.90. The van der Waals surface area contributed by atoms with Crippen molar-refractivity contribution in [3.8, 4) is 0 Å². The van der Waals surface area contributed by atoms with Crippen molar-refractivity contribution in [2.75, 3.05) is 0 Å². The molecule has 0 saturated heterocycles. The second-order valence-electron chi connectivity index (χ2n) is 4.68. The number of ether oxygens (including phenoxy) is 1. The summed E-state index contributed by atoms with van der Waals surface area (Å²) in [6.07, 6.45) is 0.591. The average Bonchev–Trinajstić information content (AvgIpc) is 2.80. The smallest absolute Gasteiger partial charge is 0.408 e. The van der Waals surface area contributed by atoms with Gasteiger partial charge in [-0.3, -0.25) is 10.2 Å². The maximum absolute atomic E-state index is 11.4. The number of alkyl carbamates (subject to hydrolysis) is 1. The van der Waals surface area contributed by atoms with Gasteiger partial charge in [0.25, 0.3) is 5.91 Å². The fraction of sp³-hybridized carbons (Fsp3) is 0.778. The van der Waals surface area contributed by atoms with E-state index in [1.807, 2.05) is 5.43 Å². The fourth-order valence-corrected chi connectivity index (χ4v) is 1.17. The lowest BCUT2D eigenvalue weighted by Crippen LogP contribution is -2.52. The third-order valence-electron chi connectivity index (χ3n) is 2.06. The molecule has 6 nitrogen and oxygen atoms in total. The number of hydrogen-bond donors (Lipinski definition) is 3. The Labute approximate surface area is 88.5 Å². The Balaban J connectivity index is 2.49. The third kappa shape index (κ3) is 3.09. The summed E-state index contributed by atoms with van der Waals surface area (Å²) in [6.45, 7) is 5.28. The minimum absolute atomic E-state index is 0.381. The molecule has 6 heteroatoms. The van der Waals surface area contributed by atoms with Crippen LogP contribution in [0.25, 0.3) is 0 Å². The highest BCUT2D eigenvalue weighted by atomic mass is 16.6. The van der Waals surface area contributed by atoms with Gasteiger partial charge in [0.2, 0.25) is 0 Å². The minimum Gasteiger partial charge on any atom is -0.444 e.